The van der Waals surface area contributed by atoms with Gasteiger partial charge >= 0.3 is 0 Å². The molecule has 3 rings (SSSR count). The number of nitrogens with one attached hydrogen (secondary N) is 1. The zero-order valence-electron chi connectivity index (χ0n) is 22.0. The molecule has 0 fully saturated rings. The fourth-order valence-corrected chi connectivity index (χ4v) is 4.94. The molecular weight excluding hydrogens is 506 g/mol. The molecule has 10 heteroatoms. The average molecular weight is 540 g/mol. The molecule has 0 aliphatic carbocycles. The Labute approximate surface area is 224 Å². The molecule has 9 nitrogen and oxygen atoms in total. The molecule has 202 valence electrons. The second kappa shape index (κ2) is 13.0. The minimum atomic E-state index is -3.89. The van der Waals surface area contributed by atoms with E-state index in [2.05, 4.69) is 5.32 Å². The van der Waals surface area contributed by atoms with E-state index in [4.69, 9.17) is 9.47 Å². The number of benzene rings is 3. The number of methoxy groups -OCH3 is 2. The minimum absolute atomic E-state index is 0.119. The van der Waals surface area contributed by atoms with Crippen molar-refractivity contribution in [1.29, 1.82) is 0 Å². The van der Waals surface area contributed by atoms with Gasteiger partial charge in [-0.3, -0.25) is 13.9 Å². The minimum Gasteiger partial charge on any atom is -0.493 e. The van der Waals surface area contributed by atoms with Crippen LogP contribution in [0, 0.1) is 0 Å². The van der Waals surface area contributed by atoms with Crippen molar-refractivity contribution >= 4 is 27.5 Å². The molecule has 0 bridgehead atoms. The van der Waals surface area contributed by atoms with Crippen LogP contribution >= 0.6 is 0 Å². The Morgan fingerprint density at radius 3 is 1.97 bits per heavy atom. The van der Waals surface area contributed by atoms with Gasteiger partial charge in [-0.25, -0.2) is 8.42 Å². The van der Waals surface area contributed by atoms with E-state index in [1.165, 1.54) is 38.3 Å². The van der Waals surface area contributed by atoms with Crippen molar-refractivity contribution in [3.05, 3.63) is 90.0 Å². The summed E-state index contributed by atoms with van der Waals surface area (Å²) in [5, 5.41) is 2.65. The average Bonchev–Trinajstić information content (AvgIpc) is 2.93. The first-order chi connectivity index (χ1) is 18.2. The summed E-state index contributed by atoms with van der Waals surface area (Å²) in [7, 11) is 0.542. The van der Waals surface area contributed by atoms with Crippen molar-refractivity contribution in [2.24, 2.45) is 0 Å². The molecule has 0 unspecified atom stereocenters. The lowest BCUT2D eigenvalue weighted by Crippen LogP contribution is -2.52. The number of ether oxygens (including phenoxy) is 2. The molecule has 1 atom stereocenters. The van der Waals surface area contributed by atoms with E-state index in [1.54, 1.807) is 6.07 Å². The summed E-state index contributed by atoms with van der Waals surface area (Å²) in [5.41, 5.74) is 1.91. The molecule has 38 heavy (non-hydrogen) atoms. The van der Waals surface area contributed by atoms with Crippen LogP contribution in [0.15, 0.2) is 78.9 Å². The summed E-state index contributed by atoms with van der Waals surface area (Å²) in [6.45, 7) is -0.391. The number of amides is 2. The number of sulfonamides is 1. The molecule has 3 aromatic carbocycles. The van der Waals surface area contributed by atoms with E-state index >= 15 is 0 Å². The number of carbonyl (C=O) groups is 2. The third-order valence-electron chi connectivity index (χ3n) is 6.05. The Hall–Kier alpha value is -4.05. The second-order valence-electron chi connectivity index (χ2n) is 8.64. The van der Waals surface area contributed by atoms with E-state index in [9.17, 15) is 18.0 Å². The molecule has 0 radical (unpaired) electrons. The van der Waals surface area contributed by atoms with Crippen molar-refractivity contribution in [2.45, 2.75) is 19.0 Å². The Balaban J connectivity index is 2.03. The topological polar surface area (TPSA) is 105 Å². The van der Waals surface area contributed by atoms with E-state index in [1.807, 2.05) is 60.7 Å². The number of nitrogens with zero attached hydrogens (tertiary/aromatic N) is 2. The van der Waals surface area contributed by atoms with Crippen LogP contribution < -0.4 is 19.1 Å². The fourth-order valence-electron chi connectivity index (χ4n) is 4.09. The molecule has 1 N–H and O–H groups in total. The van der Waals surface area contributed by atoms with E-state index in [0.29, 0.717) is 11.5 Å². The van der Waals surface area contributed by atoms with Gasteiger partial charge in [-0.1, -0.05) is 60.7 Å². The first-order valence-corrected chi connectivity index (χ1v) is 13.8. The molecule has 3 aromatic rings. The number of likely N-dealkylation sites (N-methyl/N-ethyl adjacent to an activating group) is 1. The third kappa shape index (κ3) is 7.25. The summed E-state index contributed by atoms with van der Waals surface area (Å²) in [5.74, 6) is -0.141. The first-order valence-electron chi connectivity index (χ1n) is 12.0. The number of hydrogen-bond donors (Lipinski definition) is 1. The highest BCUT2D eigenvalue weighted by Crippen LogP contribution is 2.32. The standard InChI is InChI=1S/C28H33N3O6S/c1-29-28(33)24(17-21-11-7-5-8-12-21)30(19-22-13-9-6-10-14-22)27(32)20-31(38(4,34)35)23-15-16-25(36-2)26(18-23)37-3/h5-16,18,24H,17,19-20H2,1-4H3,(H,29,33)/t24-/m0/s1. The SMILES string of the molecule is CNC(=O)[C@H](Cc1ccccc1)N(Cc1ccccc1)C(=O)CN(c1ccc(OC)c(OC)c1)S(C)(=O)=O. The van der Waals surface area contributed by atoms with Crippen LogP contribution in [0.5, 0.6) is 11.5 Å². The van der Waals surface area contributed by atoms with Crippen LogP contribution in [-0.4, -0.2) is 65.2 Å². The van der Waals surface area contributed by atoms with Crippen LogP contribution in [-0.2, 0) is 32.6 Å². The maximum atomic E-state index is 13.9. The summed E-state index contributed by atoms with van der Waals surface area (Å²) in [6.07, 6.45) is 1.28. The van der Waals surface area contributed by atoms with E-state index < -0.39 is 28.5 Å². The molecule has 0 aliphatic heterocycles. The highest BCUT2D eigenvalue weighted by Gasteiger charge is 2.32. The van der Waals surface area contributed by atoms with Gasteiger partial charge in [0.25, 0.3) is 0 Å². The summed E-state index contributed by atoms with van der Waals surface area (Å²) in [4.78, 5) is 28.4. The van der Waals surface area contributed by atoms with E-state index in [-0.39, 0.29) is 24.6 Å². The highest BCUT2D eigenvalue weighted by atomic mass is 32.2. The molecule has 0 saturated heterocycles. The van der Waals surface area contributed by atoms with Crippen LogP contribution in [0.3, 0.4) is 0 Å². The Morgan fingerprint density at radius 2 is 1.45 bits per heavy atom. The van der Waals surface area contributed by atoms with Crippen molar-refractivity contribution in [1.82, 2.24) is 10.2 Å². The summed E-state index contributed by atoms with van der Waals surface area (Å²) < 4.78 is 37.3. The molecular formula is C28H33N3O6S. The van der Waals surface area contributed by atoms with Gasteiger partial charge in [0, 0.05) is 26.1 Å². The molecule has 0 spiro atoms. The van der Waals surface area contributed by atoms with Crippen LogP contribution in [0.1, 0.15) is 11.1 Å². The number of rotatable bonds is 12. The maximum absolute atomic E-state index is 13.9. The van der Waals surface area contributed by atoms with Crippen molar-refractivity contribution < 1.29 is 27.5 Å². The van der Waals surface area contributed by atoms with Crippen molar-refractivity contribution in [2.75, 3.05) is 38.4 Å². The van der Waals surface area contributed by atoms with E-state index in [0.717, 1.165) is 21.7 Å². The molecule has 0 saturated carbocycles. The predicted molar refractivity (Wildman–Crippen MR) is 147 cm³/mol. The lowest BCUT2D eigenvalue weighted by Gasteiger charge is -2.33. The Bertz CT molecular complexity index is 1330. The Morgan fingerprint density at radius 1 is 0.868 bits per heavy atom. The largest absolute Gasteiger partial charge is 0.493 e. The molecule has 0 aromatic heterocycles. The second-order valence-corrected chi connectivity index (χ2v) is 10.5. The summed E-state index contributed by atoms with van der Waals surface area (Å²) >= 11 is 0. The maximum Gasteiger partial charge on any atom is 0.244 e. The van der Waals surface area contributed by atoms with Gasteiger partial charge in [-0.15, -0.1) is 0 Å². The number of carbonyl (C=O) groups excluding carboxylic acids is 2. The molecule has 0 aliphatic rings. The summed E-state index contributed by atoms with van der Waals surface area (Å²) in [6, 6.07) is 22.4. The molecule has 2 amide bonds. The lowest BCUT2D eigenvalue weighted by molar-refractivity contribution is -0.139. The smallest absolute Gasteiger partial charge is 0.244 e. The van der Waals surface area contributed by atoms with Crippen LogP contribution in [0.4, 0.5) is 5.69 Å². The Kier molecular flexibility index (Phi) is 9.72. The van der Waals surface area contributed by atoms with Gasteiger partial charge in [-0.05, 0) is 23.3 Å². The van der Waals surface area contributed by atoms with Gasteiger partial charge in [0.1, 0.15) is 12.6 Å². The zero-order valence-corrected chi connectivity index (χ0v) is 22.8. The fraction of sp³-hybridized carbons (Fsp3) is 0.286. The van der Waals surface area contributed by atoms with Crippen LogP contribution in [0.25, 0.3) is 0 Å². The number of anilines is 1. The van der Waals surface area contributed by atoms with Gasteiger partial charge in [-0.2, -0.15) is 0 Å². The molecule has 0 heterocycles. The quantitative estimate of drug-likeness (QED) is 0.380. The van der Waals surface area contributed by atoms with Gasteiger partial charge < -0.3 is 19.7 Å². The van der Waals surface area contributed by atoms with Gasteiger partial charge in [0.05, 0.1) is 26.2 Å². The van der Waals surface area contributed by atoms with Crippen LogP contribution in [0.2, 0.25) is 0 Å². The number of hydrogen-bond acceptors (Lipinski definition) is 6. The first kappa shape index (κ1) is 28.5. The zero-order chi connectivity index (χ0) is 27.7. The lowest BCUT2D eigenvalue weighted by atomic mass is 10.0. The normalized spacial score (nSPS) is 11.8. The van der Waals surface area contributed by atoms with Crippen molar-refractivity contribution in [3.63, 3.8) is 0 Å². The van der Waals surface area contributed by atoms with Gasteiger partial charge in [0.15, 0.2) is 11.5 Å². The van der Waals surface area contributed by atoms with Gasteiger partial charge in [0.2, 0.25) is 21.8 Å². The highest BCUT2D eigenvalue weighted by molar-refractivity contribution is 7.92. The third-order valence-corrected chi connectivity index (χ3v) is 7.19. The monoisotopic (exact) mass is 539 g/mol. The van der Waals surface area contributed by atoms with Crippen molar-refractivity contribution in [3.8, 4) is 11.5 Å². The predicted octanol–water partition coefficient (Wildman–Crippen LogP) is 2.86.